The molecule has 0 saturated heterocycles. The van der Waals surface area contributed by atoms with Gasteiger partial charge in [-0.15, -0.1) is 0 Å². The Kier molecular flexibility index (Phi) is 6.46. The summed E-state index contributed by atoms with van der Waals surface area (Å²) in [6, 6.07) is -0.884. The molecule has 0 aromatic rings. The van der Waals surface area contributed by atoms with E-state index in [1.54, 1.807) is 4.74 Å². The van der Waals surface area contributed by atoms with Crippen molar-refractivity contribution in [3.05, 3.63) is 0 Å². The maximum Gasteiger partial charge on any atom is 0.463 e. The molecule has 0 aliphatic rings. The average Bonchev–Trinajstić information content (AvgIpc) is 2.42. The average molecular weight is 477 g/mol. The van der Waals surface area contributed by atoms with E-state index in [0.717, 1.165) is 0 Å². The van der Waals surface area contributed by atoms with Crippen LogP contribution in [0.4, 0.5) is 74.6 Å². The van der Waals surface area contributed by atoms with E-state index in [9.17, 15) is 74.6 Å². The molecule has 0 radical (unpaired) electrons. The highest BCUT2D eigenvalue weighted by Crippen LogP contribution is 2.56. The van der Waals surface area contributed by atoms with Gasteiger partial charge in [-0.25, -0.2) is 0 Å². The van der Waals surface area contributed by atoms with Crippen molar-refractivity contribution in [1.82, 2.24) is 0 Å². The number of hydrogen-bond donors (Lipinski definition) is 0. The maximum absolute atomic E-state index is 13.5. The number of ether oxygens (including phenoxy) is 2. The summed E-state index contributed by atoms with van der Waals surface area (Å²) in [5.74, 6) is -22.4. The van der Waals surface area contributed by atoms with Crippen LogP contribution in [-0.4, -0.2) is 48.4 Å². The summed E-state index contributed by atoms with van der Waals surface area (Å²) in [5.41, 5.74) is 0. The van der Waals surface area contributed by atoms with Gasteiger partial charge in [0.05, 0.1) is 0 Å². The van der Waals surface area contributed by atoms with Gasteiger partial charge in [-0.3, -0.25) is 9.47 Å². The topological polar surface area (TPSA) is 42.2 Å². The van der Waals surface area contributed by atoms with E-state index in [1.165, 1.54) is 4.74 Å². The third-order valence-electron chi connectivity index (χ3n) is 2.51. The normalized spacial score (nSPS) is 19.3. The molecule has 0 saturated carbocycles. The highest BCUT2D eigenvalue weighted by atomic mass is 19.4. The third-order valence-corrected chi connectivity index (χ3v) is 2.51. The fourth-order valence-electron chi connectivity index (χ4n) is 1.07. The number of halogens is 17. The van der Waals surface area contributed by atoms with Crippen molar-refractivity contribution in [2.75, 3.05) is 0 Å². The first-order chi connectivity index (χ1) is 12.2. The van der Waals surface area contributed by atoms with E-state index in [-0.39, 0.29) is 0 Å². The molecule has 0 spiro atoms. The first kappa shape index (κ1) is 27.2. The molecule has 0 fully saturated rings. The Balaban J connectivity index is 6.53. The Hall–Kier alpha value is -1.78. The van der Waals surface area contributed by atoms with Crippen LogP contribution in [-0.2, 0) is 9.47 Å². The van der Waals surface area contributed by atoms with Gasteiger partial charge in [0.15, 0.2) is 0 Å². The van der Waals surface area contributed by atoms with Gasteiger partial charge in [0.1, 0.15) is 6.07 Å². The van der Waals surface area contributed by atoms with Crippen molar-refractivity contribution in [2.45, 2.75) is 48.4 Å². The molecule has 0 aromatic heterocycles. The van der Waals surface area contributed by atoms with Gasteiger partial charge in [-0.2, -0.15) is 79.9 Å². The fraction of sp³-hybridized carbons (Fsp3) is 0.889. The molecule has 0 rings (SSSR count). The van der Waals surface area contributed by atoms with Crippen molar-refractivity contribution in [3.8, 4) is 6.07 Å². The lowest BCUT2D eigenvalue weighted by Crippen LogP contribution is -2.67. The number of hydrogen-bond acceptors (Lipinski definition) is 3. The van der Waals surface area contributed by atoms with Crippen LogP contribution in [0, 0.1) is 11.3 Å². The summed E-state index contributed by atoms with van der Waals surface area (Å²) >= 11 is 0. The van der Waals surface area contributed by atoms with Crippen molar-refractivity contribution >= 4 is 0 Å². The first-order valence-corrected chi connectivity index (χ1v) is 5.75. The van der Waals surface area contributed by atoms with E-state index in [4.69, 9.17) is 5.26 Å². The van der Waals surface area contributed by atoms with Crippen LogP contribution in [0.2, 0.25) is 0 Å². The molecule has 0 aromatic carbocycles. The monoisotopic (exact) mass is 477 g/mol. The summed E-state index contributed by atoms with van der Waals surface area (Å²) in [6.45, 7) is 0. The van der Waals surface area contributed by atoms with E-state index in [0.29, 0.717) is 0 Å². The van der Waals surface area contributed by atoms with Crippen LogP contribution in [0.5, 0.6) is 0 Å². The number of nitriles is 1. The number of nitrogens with zero attached hydrogens (tertiary/aromatic N) is 1. The lowest BCUT2D eigenvalue weighted by atomic mass is 10.2. The van der Waals surface area contributed by atoms with E-state index >= 15 is 0 Å². The van der Waals surface area contributed by atoms with Gasteiger partial charge in [0, 0.05) is 0 Å². The van der Waals surface area contributed by atoms with Gasteiger partial charge < -0.3 is 0 Å². The minimum atomic E-state index is -7.96. The van der Waals surface area contributed by atoms with Crippen LogP contribution < -0.4 is 0 Å². The third kappa shape index (κ3) is 4.54. The lowest BCUT2D eigenvalue weighted by Gasteiger charge is -2.39. The molecule has 2 unspecified atom stereocenters. The zero-order chi connectivity index (χ0) is 24.1. The van der Waals surface area contributed by atoms with Crippen molar-refractivity contribution in [3.63, 3.8) is 0 Å². The molecule has 0 bridgehead atoms. The van der Waals surface area contributed by atoms with Gasteiger partial charge in [0.2, 0.25) is 0 Å². The predicted octanol–water partition coefficient (Wildman–Crippen LogP) is 5.38. The summed E-state index contributed by atoms with van der Waals surface area (Å²) in [5, 5.41) is 7.76. The Morgan fingerprint density at radius 1 is 0.483 bits per heavy atom. The molecule has 20 heteroatoms. The molecule has 0 aliphatic carbocycles. The van der Waals surface area contributed by atoms with Crippen LogP contribution in [0.15, 0.2) is 0 Å². The van der Waals surface area contributed by atoms with Gasteiger partial charge in [-0.05, 0) is 0 Å². The lowest BCUT2D eigenvalue weighted by molar-refractivity contribution is -0.548. The molecule has 0 N–H and O–H groups in total. The van der Waals surface area contributed by atoms with Crippen LogP contribution in [0.25, 0.3) is 0 Å². The van der Waals surface area contributed by atoms with Crippen LogP contribution in [0.1, 0.15) is 0 Å². The standard InChI is InChI=1S/C9F17NO2/c10-2(1-27,5(14,15)16)28-9(25,26)4(13,7(20,21)22)29-8(23,24)3(11,12)6(17,18)19. The Labute approximate surface area is 145 Å². The van der Waals surface area contributed by atoms with Crippen molar-refractivity contribution in [1.29, 1.82) is 5.26 Å². The summed E-state index contributed by atoms with van der Waals surface area (Å²) in [7, 11) is 0. The zero-order valence-corrected chi connectivity index (χ0v) is 12.2. The van der Waals surface area contributed by atoms with Gasteiger partial charge >= 0.3 is 48.4 Å². The predicted molar refractivity (Wildman–Crippen MR) is 48.5 cm³/mol. The molecular weight excluding hydrogens is 477 g/mol. The Morgan fingerprint density at radius 2 is 0.862 bits per heavy atom. The largest absolute Gasteiger partial charge is 0.463 e. The van der Waals surface area contributed by atoms with E-state index in [1.807, 2.05) is 0 Å². The fourth-order valence-corrected chi connectivity index (χ4v) is 1.07. The van der Waals surface area contributed by atoms with E-state index < -0.39 is 54.4 Å². The molecule has 172 valence electrons. The quantitative estimate of drug-likeness (QED) is 0.483. The molecule has 29 heavy (non-hydrogen) atoms. The minimum absolute atomic E-state index is 0.884. The van der Waals surface area contributed by atoms with Crippen molar-refractivity contribution < 1.29 is 84.1 Å². The van der Waals surface area contributed by atoms with Crippen LogP contribution in [0.3, 0.4) is 0 Å². The van der Waals surface area contributed by atoms with Crippen molar-refractivity contribution in [2.24, 2.45) is 0 Å². The molecule has 0 amide bonds. The SMILES string of the molecule is N#CC(F)(OC(F)(F)C(F)(OC(F)(F)C(F)(F)C(F)(F)F)C(F)(F)F)C(F)(F)F. The van der Waals surface area contributed by atoms with Gasteiger partial charge in [-0.1, -0.05) is 0 Å². The highest BCUT2D eigenvalue weighted by Gasteiger charge is 2.85. The first-order valence-electron chi connectivity index (χ1n) is 5.75. The number of alkyl halides is 17. The summed E-state index contributed by atoms with van der Waals surface area (Å²) < 4.78 is 215. The van der Waals surface area contributed by atoms with E-state index in [2.05, 4.69) is 0 Å². The van der Waals surface area contributed by atoms with Crippen LogP contribution >= 0.6 is 0 Å². The molecule has 0 heterocycles. The zero-order valence-electron chi connectivity index (χ0n) is 12.2. The molecule has 3 nitrogen and oxygen atoms in total. The minimum Gasteiger partial charge on any atom is -0.262 e. The van der Waals surface area contributed by atoms with Gasteiger partial charge in [0.25, 0.3) is 0 Å². The second kappa shape index (κ2) is 6.88. The second-order valence-corrected chi connectivity index (χ2v) is 4.61. The molecule has 2 atom stereocenters. The molecular formula is C9F17NO2. The number of rotatable bonds is 6. The summed E-state index contributed by atoms with van der Waals surface area (Å²) in [4.78, 5) is 0. The second-order valence-electron chi connectivity index (χ2n) is 4.61. The summed E-state index contributed by atoms with van der Waals surface area (Å²) in [6.07, 6.45) is -38.1. The highest BCUT2D eigenvalue weighted by molar-refractivity contribution is 5.02. The smallest absolute Gasteiger partial charge is 0.262 e. The maximum atomic E-state index is 13.5. The Morgan fingerprint density at radius 3 is 1.10 bits per heavy atom. The Bertz CT molecular complexity index is 641. The molecule has 0 aliphatic heterocycles.